The molecule has 3 aromatic rings. The molecular weight excluding hydrogens is 318 g/mol. The summed E-state index contributed by atoms with van der Waals surface area (Å²) in [7, 11) is 0. The number of aromatic nitrogens is 4. The molecule has 0 amide bonds. The molecule has 7 nitrogen and oxygen atoms in total. The number of ether oxygens (including phenoxy) is 2. The number of nitrogens with zero attached hydrogens (tertiary/aromatic N) is 4. The topological polar surface area (TPSA) is 73.6 Å². The van der Waals surface area contributed by atoms with E-state index in [0.29, 0.717) is 25.7 Å². The molecule has 0 bridgehead atoms. The number of hydrogen-bond donors (Lipinski definition) is 1. The Hall–Kier alpha value is -2.83. The van der Waals surface area contributed by atoms with Crippen LogP contribution >= 0.6 is 0 Å². The van der Waals surface area contributed by atoms with Gasteiger partial charge in [0, 0.05) is 18.9 Å². The molecule has 2 aliphatic rings. The van der Waals surface area contributed by atoms with Crippen LogP contribution in [-0.2, 0) is 6.54 Å². The van der Waals surface area contributed by atoms with Crippen LogP contribution in [0.25, 0.3) is 5.65 Å². The maximum absolute atomic E-state index is 5.75. The molecular formula is C18H19N5O2. The summed E-state index contributed by atoms with van der Waals surface area (Å²) in [6.07, 6.45) is 3.27. The smallest absolute Gasteiger partial charge is 0.178 e. The second-order valence-electron chi connectivity index (χ2n) is 6.51. The predicted molar refractivity (Wildman–Crippen MR) is 92.1 cm³/mol. The lowest BCUT2D eigenvalue weighted by atomic mass is 10.2. The summed E-state index contributed by atoms with van der Waals surface area (Å²) in [6, 6.07) is 9.93. The second kappa shape index (κ2) is 5.91. The maximum atomic E-state index is 5.75. The normalized spacial score (nSPS) is 16.6. The van der Waals surface area contributed by atoms with E-state index in [1.54, 1.807) is 0 Å². The number of nitrogens with one attached hydrogen (secondary N) is 1. The molecule has 1 aliphatic carbocycles. The Morgan fingerprint density at radius 1 is 1.04 bits per heavy atom. The monoisotopic (exact) mass is 337 g/mol. The molecule has 1 N–H and O–H groups in total. The van der Waals surface area contributed by atoms with Crippen molar-refractivity contribution in [3.63, 3.8) is 0 Å². The first kappa shape index (κ1) is 14.5. The van der Waals surface area contributed by atoms with Crippen LogP contribution in [0.5, 0.6) is 11.5 Å². The standard InChI is InChI=1S/C18H19N5O2/c1-8-24-14-5-2-12(10-15(14)25-9-1)11-19-16-6-7-17-20-21-18(13-3-4-13)23(17)22-16/h2,5-7,10,13H,1,3-4,8-9,11H2,(H,19,22). The minimum Gasteiger partial charge on any atom is -0.490 e. The highest BCUT2D eigenvalue weighted by Crippen LogP contribution is 2.38. The predicted octanol–water partition coefficient (Wildman–Crippen LogP) is 2.78. The molecule has 0 unspecified atom stereocenters. The van der Waals surface area contributed by atoms with Gasteiger partial charge < -0.3 is 14.8 Å². The van der Waals surface area contributed by atoms with Gasteiger partial charge in [0.05, 0.1) is 13.2 Å². The molecule has 0 radical (unpaired) electrons. The van der Waals surface area contributed by atoms with Crippen molar-refractivity contribution in [1.82, 2.24) is 19.8 Å². The fraction of sp³-hybridized carbons (Fsp3) is 0.389. The van der Waals surface area contributed by atoms with Crippen LogP contribution in [0, 0.1) is 0 Å². The van der Waals surface area contributed by atoms with E-state index in [4.69, 9.17) is 9.47 Å². The van der Waals surface area contributed by atoms with Crippen molar-refractivity contribution in [3.8, 4) is 11.5 Å². The second-order valence-corrected chi connectivity index (χ2v) is 6.51. The van der Waals surface area contributed by atoms with Gasteiger partial charge in [0.15, 0.2) is 23.0 Å². The molecule has 7 heteroatoms. The SMILES string of the molecule is c1cc2c(cc1CNc1ccc3nnc(C4CC4)n3n1)OCCCO2. The van der Waals surface area contributed by atoms with E-state index in [2.05, 4.69) is 20.6 Å². The van der Waals surface area contributed by atoms with Crippen molar-refractivity contribution in [2.24, 2.45) is 0 Å². The Balaban J connectivity index is 1.35. The average Bonchev–Trinajstić information content (AvgIpc) is 3.43. The van der Waals surface area contributed by atoms with E-state index in [1.165, 1.54) is 12.8 Å². The molecule has 1 saturated carbocycles. The zero-order chi connectivity index (χ0) is 16.6. The highest BCUT2D eigenvalue weighted by Gasteiger charge is 2.29. The first-order valence-electron chi connectivity index (χ1n) is 8.71. The van der Waals surface area contributed by atoms with Crippen molar-refractivity contribution in [1.29, 1.82) is 0 Å². The van der Waals surface area contributed by atoms with Gasteiger partial charge in [-0.25, -0.2) is 0 Å². The molecule has 1 aliphatic heterocycles. The van der Waals surface area contributed by atoms with Crippen LogP contribution in [0.2, 0.25) is 0 Å². The van der Waals surface area contributed by atoms with E-state index < -0.39 is 0 Å². The summed E-state index contributed by atoms with van der Waals surface area (Å²) in [5, 5.41) is 16.5. The first-order valence-corrected chi connectivity index (χ1v) is 8.71. The molecule has 1 aromatic carbocycles. The molecule has 2 aromatic heterocycles. The van der Waals surface area contributed by atoms with Crippen molar-refractivity contribution in [3.05, 3.63) is 41.7 Å². The number of anilines is 1. The summed E-state index contributed by atoms with van der Waals surface area (Å²) < 4.78 is 13.3. The third-order valence-electron chi connectivity index (χ3n) is 4.51. The zero-order valence-corrected chi connectivity index (χ0v) is 13.8. The van der Waals surface area contributed by atoms with Crippen LogP contribution in [0.15, 0.2) is 30.3 Å². The molecule has 25 heavy (non-hydrogen) atoms. The summed E-state index contributed by atoms with van der Waals surface area (Å²) in [5.41, 5.74) is 1.92. The third kappa shape index (κ3) is 2.86. The van der Waals surface area contributed by atoms with Gasteiger partial charge in [-0.05, 0) is 42.7 Å². The Morgan fingerprint density at radius 2 is 1.92 bits per heavy atom. The molecule has 5 rings (SSSR count). The van der Waals surface area contributed by atoms with Crippen LogP contribution in [0.1, 0.15) is 36.6 Å². The van der Waals surface area contributed by atoms with E-state index in [0.717, 1.165) is 40.8 Å². The maximum Gasteiger partial charge on any atom is 0.178 e. The van der Waals surface area contributed by atoms with E-state index >= 15 is 0 Å². The Labute approximate surface area is 145 Å². The molecule has 0 saturated heterocycles. The first-order chi connectivity index (χ1) is 12.4. The minimum absolute atomic E-state index is 0.513. The average molecular weight is 337 g/mol. The largest absolute Gasteiger partial charge is 0.490 e. The van der Waals surface area contributed by atoms with Gasteiger partial charge in [-0.2, -0.15) is 4.52 Å². The fourth-order valence-corrected chi connectivity index (χ4v) is 3.01. The molecule has 0 spiro atoms. The summed E-state index contributed by atoms with van der Waals surface area (Å²) in [5.74, 6) is 3.92. The highest BCUT2D eigenvalue weighted by atomic mass is 16.5. The number of hydrogen-bond acceptors (Lipinski definition) is 6. The summed E-state index contributed by atoms with van der Waals surface area (Å²) in [4.78, 5) is 0. The Bertz CT molecular complexity index is 919. The lowest BCUT2D eigenvalue weighted by molar-refractivity contribution is 0.297. The van der Waals surface area contributed by atoms with E-state index in [-0.39, 0.29) is 0 Å². The lowest BCUT2D eigenvalue weighted by Crippen LogP contribution is -2.06. The van der Waals surface area contributed by atoms with Crippen LogP contribution in [0.3, 0.4) is 0 Å². The van der Waals surface area contributed by atoms with Gasteiger partial charge in [-0.1, -0.05) is 6.07 Å². The number of benzene rings is 1. The van der Waals surface area contributed by atoms with E-state index in [1.807, 2.05) is 34.8 Å². The minimum atomic E-state index is 0.513. The van der Waals surface area contributed by atoms with Gasteiger partial charge in [0.2, 0.25) is 0 Å². The van der Waals surface area contributed by atoms with Crippen LogP contribution in [-0.4, -0.2) is 33.0 Å². The van der Waals surface area contributed by atoms with Crippen LogP contribution < -0.4 is 14.8 Å². The molecule has 3 heterocycles. The van der Waals surface area contributed by atoms with Crippen molar-refractivity contribution < 1.29 is 9.47 Å². The number of fused-ring (bicyclic) bond motifs is 2. The van der Waals surface area contributed by atoms with Gasteiger partial charge in [-0.15, -0.1) is 15.3 Å². The summed E-state index contributed by atoms with van der Waals surface area (Å²) in [6.45, 7) is 2.06. The lowest BCUT2D eigenvalue weighted by Gasteiger charge is -2.10. The van der Waals surface area contributed by atoms with Gasteiger partial charge in [0.25, 0.3) is 0 Å². The number of rotatable bonds is 4. The molecule has 128 valence electrons. The van der Waals surface area contributed by atoms with Gasteiger partial charge >= 0.3 is 0 Å². The highest BCUT2D eigenvalue weighted by molar-refractivity contribution is 5.47. The fourth-order valence-electron chi connectivity index (χ4n) is 3.01. The molecule has 0 atom stereocenters. The zero-order valence-electron chi connectivity index (χ0n) is 13.8. The Morgan fingerprint density at radius 3 is 2.80 bits per heavy atom. The quantitative estimate of drug-likeness (QED) is 0.789. The van der Waals surface area contributed by atoms with Crippen molar-refractivity contribution in [2.45, 2.75) is 31.7 Å². The van der Waals surface area contributed by atoms with Crippen molar-refractivity contribution in [2.75, 3.05) is 18.5 Å². The van der Waals surface area contributed by atoms with Crippen LogP contribution in [0.4, 0.5) is 5.82 Å². The molecule has 1 fully saturated rings. The van der Waals surface area contributed by atoms with Gasteiger partial charge in [0.1, 0.15) is 5.82 Å². The third-order valence-corrected chi connectivity index (χ3v) is 4.51. The summed E-state index contributed by atoms with van der Waals surface area (Å²) >= 11 is 0. The Kier molecular flexibility index (Phi) is 3.43. The van der Waals surface area contributed by atoms with Crippen molar-refractivity contribution >= 4 is 11.5 Å². The van der Waals surface area contributed by atoms with E-state index in [9.17, 15) is 0 Å². The van der Waals surface area contributed by atoms with Gasteiger partial charge in [-0.3, -0.25) is 0 Å².